The standard InChI is InChI=1S/C20H20N4O2/c1-13-5-2-3-7-16(13)24-17-8-4-6-15(17)19(23-24)20(26)22-18-10-9-14(12-25)11-21-18/h2-3,5,7,9-11,25H,4,6,8,12H2,1H3,(H,21,22,26). The highest BCUT2D eigenvalue weighted by Crippen LogP contribution is 2.29. The fourth-order valence-electron chi connectivity index (χ4n) is 3.39. The first-order valence-corrected chi connectivity index (χ1v) is 8.71. The van der Waals surface area contributed by atoms with Gasteiger partial charge >= 0.3 is 0 Å². The number of carbonyl (C=O) groups excluding carboxylic acids is 1. The molecular weight excluding hydrogens is 328 g/mol. The molecule has 3 aromatic rings. The van der Waals surface area contributed by atoms with Crippen LogP contribution in [0.5, 0.6) is 0 Å². The van der Waals surface area contributed by atoms with E-state index < -0.39 is 0 Å². The SMILES string of the molecule is Cc1ccccc1-n1nc(C(=O)Nc2ccc(CO)cn2)c2c1CCC2. The summed E-state index contributed by atoms with van der Waals surface area (Å²) in [5.41, 5.74) is 5.44. The van der Waals surface area contributed by atoms with E-state index in [0.29, 0.717) is 17.1 Å². The summed E-state index contributed by atoms with van der Waals surface area (Å²) >= 11 is 0. The molecule has 2 heterocycles. The lowest BCUT2D eigenvalue weighted by atomic mass is 10.2. The number of fused-ring (bicyclic) bond motifs is 1. The van der Waals surface area contributed by atoms with E-state index in [2.05, 4.69) is 15.4 Å². The largest absolute Gasteiger partial charge is 0.392 e. The lowest BCUT2D eigenvalue weighted by molar-refractivity contribution is 0.102. The predicted octanol–water partition coefficient (Wildman–Crippen LogP) is 2.81. The zero-order valence-electron chi connectivity index (χ0n) is 14.6. The van der Waals surface area contributed by atoms with Crippen molar-refractivity contribution in [2.45, 2.75) is 32.8 Å². The Kier molecular flexibility index (Phi) is 4.26. The van der Waals surface area contributed by atoms with Gasteiger partial charge in [0.2, 0.25) is 0 Å². The monoisotopic (exact) mass is 348 g/mol. The third-order valence-corrected chi connectivity index (χ3v) is 4.74. The summed E-state index contributed by atoms with van der Waals surface area (Å²) in [6.45, 7) is 1.97. The molecule has 1 amide bonds. The molecule has 1 aromatic carbocycles. The van der Waals surface area contributed by atoms with Crippen LogP contribution in [0, 0.1) is 6.92 Å². The number of aryl methyl sites for hydroxylation is 1. The summed E-state index contributed by atoms with van der Waals surface area (Å²) in [7, 11) is 0. The van der Waals surface area contributed by atoms with Gasteiger partial charge in [0.1, 0.15) is 5.82 Å². The third kappa shape index (κ3) is 2.88. The summed E-state index contributed by atoms with van der Waals surface area (Å²) in [6.07, 6.45) is 4.36. The number of rotatable bonds is 4. The number of aromatic nitrogens is 3. The van der Waals surface area contributed by atoms with Gasteiger partial charge in [-0.2, -0.15) is 5.10 Å². The van der Waals surface area contributed by atoms with E-state index in [1.54, 1.807) is 18.3 Å². The van der Waals surface area contributed by atoms with Crippen LogP contribution in [-0.2, 0) is 19.4 Å². The van der Waals surface area contributed by atoms with Crippen molar-refractivity contribution >= 4 is 11.7 Å². The molecule has 6 heteroatoms. The molecule has 0 atom stereocenters. The van der Waals surface area contributed by atoms with Crippen LogP contribution in [0.2, 0.25) is 0 Å². The van der Waals surface area contributed by atoms with Crippen LogP contribution in [0.3, 0.4) is 0 Å². The van der Waals surface area contributed by atoms with Crippen molar-refractivity contribution in [3.05, 3.63) is 70.7 Å². The normalized spacial score (nSPS) is 12.8. The van der Waals surface area contributed by atoms with Crippen molar-refractivity contribution in [1.82, 2.24) is 14.8 Å². The molecule has 0 aliphatic heterocycles. The van der Waals surface area contributed by atoms with Gasteiger partial charge in [-0.3, -0.25) is 4.79 Å². The van der Waals surface area contributed by atoms with Crippen molar-refractivity contribution < 1.29 is 9.90 Å². The molecule has 1 aliphatic rings. The predicted molar refractivity (Wildman–Crippen MR) is 98.4 cm³/mol. The Labute approximate surface area is 151 Å². The summed E-state index contributed by atoms with van der Waals surface area (Å²) in [4.78, 5) is 16.9. The molecule has 0 radical (unpaired) electrons. The molecule has 0 bridgehead atoms. The molecule has 0 saturated heterocycles. The smallest absolute Gasteiger partial charge is 0.277 e. The minimum atomic E-state index is -0.250. The molecular formula is C20H20N4O2. The zero-order chi connectivity index (χ0) is 18.1. The summed E-state index contributed by atoms with van der Waals surface area (Å²) in [5, 5.41) is 16.5. The van der Waals surface area contributed by atoms with E-state index in [-0.39, 0.29) is 12.5 Å². The summed E-state index contributed by atoms with van der Waals surface area (Å²) in [6, 6.07) is 11.5. The Hall–Kier alpha value is -2.99. The van der Waals surface area contributed by atoms with Crippen molar-refractivity contribution in [2.24, 2.45) is 0 Å². The summed E-state index contributed by atoms with van der Waals surface area (Å²) < 4.78 is 1.91. The molecule has 0 fully saturated rings. The van der Waals surface area contributed by atoms with Crippen LogP contribution in [0.1, 0.15) is 39.3 Å². The lowest BCUT2D eigenvalue weighted by Gasteiger charge is -2.08. The Balaban J connectivity index is 1.67. The summed E-state index contributed by atoms with van der Waals surface area (Å²) in [5.74, 6) is 0.198. The van der Waals surface area contributed by atoms with Gasteiger partial charge in [0.15, 0.2) is 5.69 Å². The van der Waals surface area contributed by atoms with Crippen molar-refractivity contribution in [1.29, 1.82) is 0 Å². The first kappa shape index (κ1) is 16.5. The van der Waals surface area contributed by atoms with Gasteiger partial charge in [0.05, 0.1) is 12.3 Å². The van der Waals surface area contributed by atoms with Crippen molar-refractivity contribution in [3.63, 3.8) is 0 Å². The molecule has 4 rings (SSSR count). The van der Waals surface area contributed by atoms with Crippen LogP contribution in [0.25, 0.3) is 5.69 Å². The number of aliphatic hydroxyl groups is 1. The number of aliphatic hydroxyl groups excluding tert-OH is 1. The molecule has 6 nitrogen and oxygen atoms in total. The third-order valence-electron chi connectivity index (χ3n) is 4.74. The first-order valence-electron chi connectivity index (χ1n) is 8.71. The fourth-order valence-corrected chi connectivity index (χ4v) is 3.39. The Morgan fingerprint density at radius 1 is 1.23 bits per heavy atom. The molecule has 1 aliphatic carbocycles. The first-order chi connectivity index (χ1) is 12.7. The highest BCUT2D eigenvalue weighted by atomic mass is 16.3. The van der Waals surface area contributed by atoms with Crippen LogP contribution < -0.4 is 5.32 Å². The maximum atomic E-state index is 12.8. The Morgan fingerprint density at radius 2 is 2.08 bits per heavy atom. The average molecular weight is 348 g/mol. The minimum absolute atomic E-state index is 0.0738. The molecule has 26 heavy (non-hydrogen) atoms. The van der Waals surface area contributed by atoms with Gasteiger partial charge in [-0.1, -0.05) is 24.3 Å². The lowest BCUT2D eigenvalue weighted by Crippen LogP contribution is -2.16. The number of anilines is 1. The molecule has 0 unspecified atom stereocenters. The van der Waals surface area contributed by atoms with Gasteiger partial charge < -0.3 is 10.4 Å². The number of benzene rings is 1. The maximum absolute atomic E-state index is 12.8. The van der Waals surface area contributed by atoms with Crippen molar-refractivity contribution in [3.8, 4) is 5.69 Å². The number of carbonyl (C=O) groups is 1. The average Bonchev–Trinajstić information content (AvgIpc) is 3.25. The topological polar surface area (TPSA) is 80.0 Å². The van der Waals surface area contributed by atoms with E-state index >= 15 is 0 Å². The van der Waals surface area contributed by atoms with E-state index in [1.807, 2.05) is 35.9 Å². The minimum Gasteiger partial charge on any atom is -0.392 e. The second-order valence-corrected chi connectivity index (χ2v) is 6.49. The number of amides is 1. The number of para-hydroxylation sites is 1. The van der Waals surface area contributed by atoms with Crippen LogP contribution >= 0.6 is 0 Å². The number of nitrogens with zero attached hydrogens (tertiary/aromatic N) is 3. The van der Waals surface area contributed by atoms with Crippen molar-refractivity contribution in [2.75, 3.05) is 5.32 Å². The van der Waals surface area contributed by atoms with Crippen LogP contribution in [0.4, 0.5) is 5.82 Å². The van der Waals surface area contributed by atoms with E-state index in [1.165, 1.54) is 0 Å². The number of pyridine rings is 1. The maximum Gasteiger partial charge on any atom is 0.277 e. The van der Waals surface area contributed by atoms with Gasteiger partial charge in [0.25, 0.3) is 5.91 Å². The second-order valence-electron chi connectivity index (χ2n) is 6.49. The Morgan fingerprint density at radius 3 is 2.81 bits per heavy atom. The van der Waals surface area contributed by atoms with E-state index in [4.69, 9.17) is 5.11 Å². The molecule has 2 N–H and O–H groups in total. The second kappa shape index (κ2) is 6.72. The highest BCUT2D eigenvalue weighted by molar-refractivity contribution is 6.03. The number of hydrogen-bond acceptors (Lipinski definition) is 4. The highest BCUT2D eigenvalue weighted by Gasteiger charge is 2.27. The van der Waals surface area contributed by atoms with E-state index in [9.17, 15) is 4.79 Å². The molecule has 0 saturated carbocycles. The fraction of sp³-hybridized carbons (Fsp3) is 0.250. The van der Waals surface area contributed by atoms with Crippen LogP contribution in [0.15, 0.2) is 42.6 Å². The van der Waals surface area contributed by atoms with Gasteiger partial charge in [-0.15, -0.1) is 0 Å². The van der Waals surface area contributed by atoms with E-state index in [0.717, 1.165) is 41.8 Å². The van der Waals surface area contributed by atoms with Gasteiger partial charge in [0, 0.05) is 17.5 Å². The van der Waals surface area contributed by atoms with Gasteiger partial charge in [-0.25, -0.2) is 9.67 Å². The zero-order valence-corrected chi connectivity index (χ0v) is 14.6. The molecule has 2 aromatic heterocycles. The van der Waals surface area contributed by atoms with Gasteiger partial charge in [-0.05, 0) is 49.4 Å². The molecule has 0 spiro atoms. The van der Waals surface area contributed by atoms with Crippen LogP contribution in [-0.4, -0.2) is 25.8 Å². The number of hydrogen-bond donors (Lipinski definition) is 2. The Bertz CT molecular complexity index is 960. The quantitative estimate of drug-likeness (QED) is 0.760. The number of nitrogens with one attached hydrogen (secondary N) is 1. The molecule has 132 valence electrons.